The normalized spacial score (nSPS) is 20.4. The van der Waals surface area contributed by atoms with E-state index >= 15 is 0 Å². The van der Waals surface area contributed by atoms with Crippen LogP contribution in [0.5, 0.6) is 5.75 Å². The Hall–Kier alpha value is -2.34. The van der Waals surface area contributed by atoms with Gasteiger partial charge in [0.25, 0.3) is 0 Å². The van der Waals surface area contributed by atoms with Crippen LogP contribution in [0, 0.1) is 0 Å². The number of nitrogens with one attached hydrogen (secondary N) is 1. The van der Waals surface area contributed by atoms with Crippen LogP contribution in [0.2, 0.25) is 0 Å². The van der Waals surface area contributed by atoms with E-state index in [-0.39, 0.29) is 5.91 Å². The number of benzene rings is 1. The highest BCUT2D eigenvalue weighted by molar-refractivity contribution is 5.90. The van der Waals surface area contributed by atoms with Gasteiger partial charge in [0, 0.05) is 50.0 Å². The first-order chi connectivity index (χ1) is 13.0. The number of hydrogen-bond acceptors (Lipinski definition) is 4. The first-order valence-electron chi connectivity index (χ1n) is 9.74. The highest BCUT2D eigenvalue weighted by Crippen LogP contribution is 2.32. The summed E-state index contributed by atoms with van der Waals surface area (Å²) in [4.78, 5) is 13.9. The molecule has 2 atom stereocenters. The predicted molar refractivity (Wildman–Crippen MR) is 108 cm³/mol. The summed E-state index contributed by atoms with van der Waals surface area (Å²) in [6.07, 6.45) is 5.60. The van der Waals surface area contributed by atoms with Gasteiger partial charge < -0.3 is 10.1 Å². The van der Waals surface area contributed by atoms with Crippen molar-refractivity contribution < 1.29 is 9.53 Å². The van der Waals surface area contributed by atoms with E-state index in [9.17, 15) is 4.79 Å². The van der Waals surface area contributed by atoms with E-state index in [0.717, 1.165) is 29.2 Å². The monoisotopic (exact) mass is 370 g/mol. The van der Waals surface area contributed by atoms with E-state index in [4.69, 9.17) is 4.74 Å². The van der Waals surface area contributed by atoms with Crippen molar-refractivity contribution in [1.82, 2.24) is 14.7 Å². The van der Waals surface area contributed by atoms with E-state index in [2.05, 4.69) is 29.2 Å². The van der Waals surface area contributed by atoms with Gasteiger partial charge in [-0.05, 0) is 51.0 Å². The molecule has 27 heavy (non-hydrogen) atoms. The molecule has 1 fully saturated rings. The summed E-state index contributed by atoms with van der Waals surface area (Å²) in [5, 5.41) is 7.10. The van der Waals surface area contributed by atoms with Crippen LogP contribution in [-0.2, 0) is 11.8 Å². The number of hydrogen-bond donors (Lipinski definition) is 1. The molecule has 2 heterocycles. The van der Waals surface area contributed by atoms with Crippen LogP contribution in [-0.4, -0.2) is 45.8 Å². The maximum Gasteiger partial charge on any atom is 0.221 e. The third kappa shape index (κ3) is 4.69. The molecule has 2 aromatic rings. The fourth-order valence-electron chi connectivity index (χ4n) is 3.95. The van der Waals surface area contributed by atoms with Crippen LogP contribution in [0.3, 0.4) is 0 Å². The zero-order valence-electron chi connectivity index (χ0n) is 16.7. The third-order valence-corrected chi connectivity index (χ3v) is 5.38. The molecule has 1 aliphatic rings. The third-order valence-electron chi connectivity index (χ3n) is 5.38. The number of nitrogens with zero attached hydrogens (tertiary/aromatic N) is 3. The van der Waals surface area contributed by atoms with Crippen LogP contribution in [0.25, 0.3) is 11.3 Å². The summed E-state index contributed by atoms with van der Waals surface area (Å²) in [5.41, 5.74) is 2.64. The van der Waals surface area contributed by atoms with E-state index in [1.807, 2.05) is 36.0 Å². The molecule has 1 N–H and O–H groups in total. The van der Waals surface area contributed by atoms with Gasteiger partial charge in [-0.3, -0.25) is 14.4 Å². The fraction of sp³-hybridized carbons (Fsp3) is 0.524. The standard InChI is InChI=1S/C21H30N4O2/c1-15-6-5-7-16(2)25(15)12-13-27-21-9-8-18(23-17(3)26)14-19(21)20-10-11-22-24(20)4/h8-11,14-16H,5-7,12-13H2,1-4H3,(H,23,26)/t15-,16+. The van der Waals surface area contributed by atoms with E-state index in [0.29, 0.717) is 18.7 Å². The largest absolute Gasteiger partial charge is 0.492 e. The van der Waals surface area contributed by atoms with Crippen molar-refractivity contribution in [2.24, 2.45) is 7.05 Å². The molecule has 1 aromatic carbocycles. The van der Waals surface area contributed by atoms with Gasteiger partial charge in [-0.2, -0.15) is 5.10 Å². The Bertz CT molecular complexity index is 776. The van der Waals surface area contributed by atoms with Gasteiger partial charge in [0.05, 0.1) is 5.69 Å². The summed E-state index contributed by atoms with van der Waals surface area (Å²) >= 11 is 0. The minimum absolute atomic E-state index is 0.0901. The van der Waals surface area contributed by atoms with Crippen molar-refractivity contribution in [3.05, 3.63) is 30.5 Å². The summed E-state index contributed by atoms with van der Waals surface area (Å²) in [6, 6.07) is 8.92. The Morgan fingerprint density at radius 2 is 2.00 bits per heavy atom. The highest BCUT2D eigenvalue weighted by Gasteiger charge is 2.24. The zero-order valence-corrected chi connectivity index (χ0v) is 16.7. The highest BCUT2D eigenvalue weighted by atomic mass is 16.5. The maximum absolute atomic E-state index is 11.4. The van der Waals surface area contributed by atoms with Crippen molar-refractivity contribution in [1.29, 1.82) is 0 Å². The molecule has 0 radical (unpaired) electrons. The molecule has 1 aromatic heterocycles. The van der Waals surface area contributed by atoms with Gasteiger partial charge in [0.2, 0.25) is 5.91 Å². The Balaban J connectivity index is 1.76. The van der Waals surface area contributed by atoms with Gasteiger partial charge in [0.1, 0.15) is 12.4 Å². The first kappa shape index (κ1) is 19.4. The smallest absolute Gasteiger partial charge is 0.221 e. The second-order valence-corrected chi connectivity index (χ2v) is 7.45. The number of aromatic nitrogens is 2. The van der Waals surface area contributed by atoms with E-state index < -0.39 is 0 Å². The number of carbonyl (C=O) groups is 1. The van der Waals surface area contributed by atoms with Crippen LogP contribution in [0.4, 0.5) is 5.69 Å². The van der Waals surface area contributed by atoms with Crippen LogP contribution < -0.4 is 10.1 Å². The second kappa shape index (κ2) is 8.57. The SMILES string of the molecule is CC(=O)Nc1ccc(OCCN2[C@H](C)CCC[C@@H]2C)c(-c2ccnn2C)c1. The number of piperidine rings is 1. The summed E-state index contributed by atoms with van der Waals surface area (Å²) in [5.74, 6) is 0.720. The Morgan fingerprint density at radius 3 is 2.63 bits per heavy atom. The first-order valence-corrected chi connectivity index (χ1v) is 9.74. The van der Waals surface area contributed by atoms with Gasteiger partial charge in [-0.25, -0.2) is 0 Å². The minimum atomic E-state index is -0.0901. The summed E-state index contributed by atoms with van der Waals surface area (Å²) < 4.78 is 7.99. The number of likely N-dealkylation sites (tertiary alicyclic amines) is 1. The van der Waals surface area contributed by atoms with Gasteiger partial charge in [-0.1, -0.05) is 6.42 Å². The van der Waals surface area contributed by atoms with E-state index in [1.165, 1.54) is 26.2 Å². The summed E-state index contributed by atoms with van der Waals surface area (Å²) in [6.45, 7) is 7.67. The quantitative estimate of drug-likeness (QED) is 0.842. The molecule has 1 amide bonds. The average molecular weight is 370 g/mol. The molecular weight excluding hydrogens is 340 g/mol. The second-order valence-electron chi connectivity index (χ2n) is 7.45. The number of carbonyl (C=O) groups excluding carboxylic acids is 1. The topological polar surface area (TPSA) is 59.4 Å². The lowest BCUT2D eigenvalue weighted by molar-refractivity contribution is -0.114. The maximum atomic E-state index is 11.4. The summed E-state index contributed by atoms with van der Waals surface area (Å²) in [7, 11) is 1.90. The molecule has 0 aliphatic carbocycles. The van der Waals surface area contributed by atoms with Crippen molar-refractivity contribution >= 4 is 11.6 Å². The fourth-order valence-corrected chi connectivity index (χ4v) is 3.95. The molecule has 6 heteroatoms. The Morgan fingerprint density at radius 1 is 1.26 bits per heavy atom. The Kier molecular flexibility index (Phi) is 6.16. The number of anilines is 1. The van der Waals surface area contributed by atoms with Gasteiger partial charge in [-0.15, -0.1) is 0 Å². The molecule has 146 valence electrons. The van der Waals surface area contributed by atoms with Gasteiger partial charge >= 0.3 is 0 Å². The van der Waals surface area contributed by atoms with Crippen LogP contribution in [0.1, 0.15) is 40.0 Å². The minimum Gasteiger partial charge on any atom is -0.492 e. The number of amides is 1. The molecule has 0 saturated carbocycles. The van der Waals surface area contributed by atoms with Crippen molar-refractivity contribution in [2.75, 3.05) is 18.5 Å². The zero-order chi connectivity index (χ0) is 19.4. The Labute approximate surface area is 161 Å². The molecule has 3 rings (SSSR count). The average Bonchev–Trinajstić information content (AvgIpc) is 3.04. The molecular formula is C21H30N4O2. The van der Waals surface area contributed by atoms with Crippen LogP contribution >= 0.6 is 0 Å². The molecule has 0 bridgehead atoms. The number of rotatable bonds is 6. The van der Waals surface area contributed by atoms with Crippen LogP contribution in [0.15, 0.2) is 30.5 Å². The molecule has 1 aliphatic heterocycles. The van der Waals surface area contributed by atoms with Gasteiger partial charge in [0.15, 0.2) is 0 Å². The predicted octanol–water partition coefficient (Wildman–Crippen LogP) is 3.69. The molecule has 0 unspecified atom stereocenters. The number of aryl methyl sites for hydroxylation is 1. The molecule has 6 nitrogen and oxygen atoms in total. The van der Waals surface area contributed by atoms with Crippen molar-refractivity contribution in [3.8, 4) is 17.0 Å². The lowest BCUT2D eigenvalue weighted by Crippen LogP contribution is -2.45. The van der Waals surface area contributed by atoms with Crippen molar-refractivity contribution in [3.63, 3.8) is 0 Å². The lowest BCUT2D eigenvalue weighted by atomic mass is 9.98. The lowest BCUT2D eigenvalue weighted by Gasteiger charge is -2.38. The van der Waals surface area contributed by atoms with E-state index in [1.54, 1.807) is 6.20 Å². The van der Waals surface area contributed by atoms with Crippen molar-refractivity contribution in [2.45, 2.75) is 52.1 Å². The molecule has 1 saturated heterocycles. The number of ether oxygens (including phenoxy) is 1. The molecule has 0 spiro atoms.